The van der Waals surface area contributed by atoms with E-state index in [1.165, 1.54) is 36.1 Å². The van der Waals surface area contributed by atoms with Gasteiger partial charge in [-0.15, -0.1) is 0 Å². The van der Waals surface area contributed by atoms with Gasteiger partial charge < -0.3 is 5.32 Å². The van der Waals surface area contributed by atoms with E-state index >= 15 is 0 Å². The molecule has 2 unspecified atom stereocenters. The van der Waals surface area contributed by atoms with Gasteiger partial charge in [0.05, 0.1) is 5.69 Å². The number of fused-ring (bicyclic) bond motifs is 1. The zero-order valence-corrected chi connectivity index (χ0v) is 19.5. The number of benzene rings is 2. The first kappa shape index (κ1) is 23.3. The summed E-state index contributed by atoms with van der Waals surface area (Å²) in [5.74, 6) is 1.88. The number of aromatic nitrogens is 2. The van der Waals surface area contributed by atoms with E-state index in [2.05, 4.69) is 74.5 Å². The Balaban J connectivity index is 0.000000257. The fourth-order valence-electron chi connectivity index (χ4n) is 3.33. The van der Waals surface area contributed by atoms with Crippen molar-refractivity contribution in [2.75, 3.05) is 12.4 Å². The number of nitrogens with one attached hydrogen (secondary N) is 1. The standard InChI is InChI=1S/C14H13N3OS.C10H22/c1-9-3-5-10(6-4-9)19-12-8-7-11(15-2)13-14(12)17-18-16-13;1-5-7-10(4)8-9(3)6-2/h3-8,15H,1-2H3;9-10H,5-8H2,1-4H3. The maximum Gasteiger partial charge on any atom is 0.159 e. The van der Waals surface area contributed by atoms with Crippen LogP contribution in [0, 0.1) is 18.8 Å². The van der Waals surface area contributed by atoms with Gasteiger partial charge in [0.25, 0.3) is 0 Å². The molecule has 0 aliphatic carbocycles. The monoisotopic (exact) mass is 413 g/mol. The summed E-state index contributed by atoms with van der Waals surface area (Å²) in [6.45, 7) is 11.4. The van der Waals surface area contributed by atoms with E-state index in [-0.39, 0.29) is 0 Å². The molecule has 0 bridgehead atoms. The third-order valence-corrected chi connectivity index (χ3v) is 6.24. The molecule has 0 fully saturated rings. The van der Waals surface area contributed by atoms with E-state index in [0.29, 0.717) is 0 Å². The van der Waals surface area contributed by atoms with E-state index in [9.17, 15) is 0 Å². The first-order chi connectivity index (χ1) is 14.0. The first-order valence-electron chi connectivity index (χ1n) is 10.7. The number of aryl methyl sites for hydroxylation is 1. The molecule has 0 saturated heterocycles. The van der Waals surface area contributed by atoms with Crippen LogP contribution in [0.25, 0.3) is 11.0 Å². The summed E-state index contributed by atoms with van der Waals surface area (Å²) in [6, 6.07) is 12.4. The highest BCUT2D eigenvalue weighted by Gasteiger charge is 2.12. The van der Waals surface area contributed by atoms with E-state index in [1.807, 2.05) is 19.2 Å². The van der Waals surface area contributed by atoms with Crippen LogP contribution >= 0.6 is 11.8 Å². The van der Waals surface area contributed by atoms with Crippen LogP contribution in [0.2, 0.25) is 0 Å². The summed E-state index contributed by atoms with van der Waals surface area (Å²) >= 11 is 1.66. The first-order valence-corrected chi connectivity index (χ1v) is 11.5. The predicted molar refractivity (Wildman–Crippen MR) is 125 cm³/mol. The minimum atomic E-state index is 0.764. The molecule has 0 aliphatic heterocycles. The van der Waals surface area contributed by atoms with Gasteiger partial charge in [0, 0.05) is 16.8 Å². The lowest BCUT2D eigenvalue weighted by Gasteiger charge is -2.14. The van der Waals surface area contributed by atoms with Gasteiger partial charge >= 0.3 is 0 Å². The topological polar surface area (TPSA) is 51.0 Å². The van der Waals surface area contributed by atoms with E-state index < -0.39 is 0 Å². The molecular formula is C24H35N3OS. The van der Waals surface area contributed by atoms with Crippen LogP contribution in [0.3, 0.4) is 0 Å². The number of hydrogen-bond acceptors (Lipinski definition) is 5. The van der Waals surface area contributed by atoms with Crippen molar-refractivity contribution in [3.05, 3.63) is 42.0 Å². The molecule has 5 heteroatoms. The van der Waals surface area contributed by atoms with Gasteiger partial charge in [-0.25, -0.2) is 4.63 Å². The summed E-state index contributed by atoms with van der Waals surface area (Å²) in [5.41, 5.74) is 3.73. The van der Waals surface area contributed by atoms with Crippen LogP contribution in [0.1, 0.15) is 58.9 Å². The largest absolute Gasteiger partial charge is 0.386 e. The Morgan fingerprint density at radius 1 is 0.966 bits per heavy atom. The average Bonchev–Trinajstić information content (AvgIpc) is 3.21. The quantitative estimate of drug-likeness (QED) is 0.412. The Kier molecular flexibility index (Phi) is 9.52. The highest BCUT2D eigenvalue weighted by Crippen LogP contribution is 2.34. The number of rotatable bonds is 8. The molecule has 4 nitrogen and oxygen atoms in total. The Morgan fingerprint density at radius 3 is 2.28 bits per heavy atom. The molecule has 158 valence electrons. The third-order valence-electron chi connectivity index (χ3n) is 5.18. The smallest absolute Gasteiger partial charge is 0.159 e. The molecule has 1 aromatic heterocycles. The number of anilines is 1. The summed E-state index contributed by atoms with van der Waals surface area (Å²) < 4.78 is 4.85. The fourth-order valence-corrected chi connectivity index (χ4v) is 4.22. The molecule has 1 N–H and O–H groups in total. The van der Waals surface area contributed by atoms with Crippen molar-refractivity contribution >= 4 is 28.5 Å². The Hall–Kier alpha value is -2.01. The zero-order valence-electron chi connectivity index (χ0n) is 18.7. The van der Waals surface area contributed by atoms with Gasteiger partial charge in [-0.05, 0) is 59.8 Å². The van der Waals surface area contributed by atoms with Crippen molar-refractivity contribution in [2.45, 2.75) is 70.1 Å². The summed E-state index contributed by atoms with van der Waals surface area (Å²) in [4.78, 5) is 2.21. The molecule has 0 amide bonds. The van der Waals surface area contributed by atoms with Gasteiger partial charge in [-0.3, -0.25) is 0 Å². The van der Waals surface area contributed by atoms with Crippen molar-refractivity contribution in [3.63, 3.8) is 0 Å². The summed E-state index contributed by atoms with van der Waals surface area (Å²) in [6.07, 6.45) is 5.51. The minimum absolute atomic E-state index is 0.764. The van der Waals surface area contributed by atoms with Crippen LogP contribution in [0.4, 0.5) is 5.69 Å². The van der Waals surface area contributed by atoms with E-state index in [1.54, 1.807) is 11.8 Å². The molecule has 2 aromatic carbocycles. The second-order valence-electron chi connectivity index (χ2n) is 7.88. The maximum absolute atomic E-state index is 4.85. The normalized spacial score (nSPS) is 12.9. The van der Waals surface area contributed by atoms with E-state index in [4.69, 9.17) is 4.63 Å². The Labute approximate surface area is 179 Å². The number of hydrogen-bond donors (Lipinski definition) is 1. The molecule has 0 spiro atoms. The van der Waals surface area contributed by atoms with Crippen molar-refractivity contribution < 1.29 is 4.63 Å². The minimum Gasteiger partial charge on any atom is -0.386 e. The molecule has 29 heavy (non-hydrogen) atoms. The van der Waals surface area contributed by atoms with Crippen molar-refractivity contribution in [2.24, 2.45) is 11.8 Å². The molecule has 0 saturated carbocycles. The lowest BCUT2D eigenvalue weighted by molar-refractivity contribution is 0.315. The fraction of sp³-hybridized carbons (Fsp3) is 0.500. The second kappa shape index (κ2) is 11.9. The predicted octanol–water partition coefficient (Wildman–Crippen LogP) is 7.58. The highest BCUT2D eigenvalue weighted by atomic mass is 32.2. The van der Waals surface area contributed by atoms with Crippen LogP contribution in [0.5, 0.6) is 0 Å². The SMILES string of the molecule is CCCC(C)CC(C)CC.CNc1ccc(Sc2ccc(C)cc2)c2nonc12. The van der Waals surface area contributed by atoms with Crippen molar-refractivity contribution in [1.29, 1.82) is 0 Å². The van der Waals surface area contributed by atoms with E-state index in [0.717, 1.165) is 33.5 Å². The van der Waals surface area contributed by atoms with Gasteiger partial charge in [0.15, 0.2) is 11.0 Å². The number of nitrogens with zero attached hydrogens (tertiary/aromatic N) is 2. The zero-order chi connectivity index (χ0) is 21.2. The molecule has 2 atom stereocenters. The van der Waals surface area contributed by atoms with Crippen molar-refractivity contribution in [1.82, 2.24) is 10.3 Å². The van der Waals surface area contributed by atoms with Gasteiger partial charge in [-0.2, -0.15) is 0 Å². The summed E-state index contributed by atoms with van der Waals surface area (Å²) in [7, 11) is 1.86. The molecule has 0 aliphatic rings. The van der Waals surface area contributed by atoms with Crippen LogP contribution in [0.15, 0.2) is 50.8 Å². The average molecular weight is 414 g/mol. The van der Waals surface area contributed by atoms with Gasteiger partial charge in [0.1, 0.15) is 0 Å². The molecule has 3 rings (SSSR count). The molecule has 1 heterocycles. The third kappa shape index (κ3) is 7.07. The molecular weight excluding hydrogens is 378 g/mol. The maximum atomic E-state index is 4.85. The highest BCUT2D eigenvalue weighted by molar-refractivity contribution is 7.99. The molecule has 0 radical (unpaired) electrons. The molecule has 3 aromatic rings. The Morgan fingerprint density at radius 2 is 1.66 bits per heavy atom. The van der Waals surface area contributed by atoms with Gasteiger partial charge in [-0.1, -0.05) is 76.4 Å². The summed E-state index contributed by atoms with van der Waals surface area (Å²) in [5, 5.41) is 11.0. The lowest BCUT2D eigenvalue weighted by Crippen LogP contribution is -2.01. The van der Waals surface area contributed by atoms with Crippen LogP contribution in [-0.4, -0.2) is 17.4 Å². The lowest BCUT2D eigenvalue weighted by atomic mass is 9.92. The Bertz CT molecular complexity index is 860. The van der Waals surface area contributed by atoms with Crippen molar-refractivity contribution in [3.8, 4) is 0 Å². The van der Waals surface area contributed by atoms with Crippen LogP contribution in [-0.2, 0) is 0 Å². The second-order valence-corrected chi connectivity index (χ2v) is 9.00. The van der Waals surface area contributed by atoms with Gasteiger partial charge in [0.2, 0.25) is 0 Å². The van der Waals surface area contributed by atoms with Crippen LogP contribution < -0.4 is 5.32 Å².